The maximum Gasteiger partial charge on any atom is 0.317 e. The van der Waals surface area contributed by atoms with Crippen molar-refractivity contribution < 1.29 is 19.4 Å². The number of rotatable bonds is 7. The van der Waals surface area contributed by atoms with Gasteiger partial charge in [0, 0.05) is 32.8 Å². The van der Waals surface area contributed by atoms with Crippen LogP contribution in [0.1, 0.15) is 38.5 Å². The Bertz CT molecular complexity index is 438. The number of fused-ring (bicyclic) bond motifs is 1. The number of likely N-dealkylation sites (tertiary alicyclic amines) is 1. The van der Waals surface area contributed by atoms with Crippen molar-refractivity contribution in [3.05, 3.63) is 0 Å². The Hall–Kier alpha value is -1.30. The van der Waals surface area contributed by atoms with Crippen LogP contribution in [0.4, 0.5) is 4.79 Å². The van der Waals surface area contributed by atoms with E-state index in [9.17, 15) is 14.7 Å². The normalized spacial score (nSPS) is 30.4. The smallest absolute Gasteiger partial charge is 0.317 e. The predicted octanol–water partition coefficient (Wildman–Crippen LogP) is 1.70. The first kappa shape index (κ1) is 15.6. The average Bonchev–Trinajstić information content (AvgIpc) is 3.08. The number of carboxylic acid groups (broad SMARTS) is 1. The summed E-state index contributed by atoms with van der Waals surface area (Å²) in [7, 11) is 0. The number of carboxylic acids is 1. The summed E-state index contributed by atoms with van der Waals surface area (Å²) in [5.41, 5.74) is -0.690. The van der Waals surface area contributed by atoms with Crippen LogP contribution in [0, 0.1) is 17.3 Å². The molecule has 0 unspecified atom stereocenters. The molecule has 2 saturated carbocycles. The van der Waals surface area contributed by atoms with E-state index in [-0.39, 0.29) is 11.9 Å². The Morgan fingerprint density at radius 1 is 1.32 bits per heavy atom. The van der Waals surface area contributed by atoms with Crippen LogP contribution in [0.15, 0.2) is 0 Å². The Kier molecular flexibility index (Phi) is 4.57. The van der Waals surface area contributed by atoms with Gasteiger partial charge in [-0.25, -0.2) is 4.79 Å². The second kappa shape index (κ2) is 6.44. The van der Waals surface area contributed by atoms with Gasteiger partial charge in [0.05, 0.1) is 5.41 Å². The molecule has 0 bridgehead atoms. The molecule has 0 aromatic heterocycles. The molecular weight excluding hydrogens is 284 g/mol. The number of carbonyl (C=O) groups excluding carboxylic acids is 1. The van der Waals surface area contributed by atoms with Crippen LogP contribution in [0.5, 0.6) is 0 Å². The lowest BCUT2D eigenvalue weighted by Crippen LogP contribution is -2.42. The van der Waals surface area contributed by atoms with Gasteiger partial charge in [-0.05, 0) is 43.9 Å². The third-order valence-electron chi connectivity index (χ3n) is 5.38. The number of carbonyl (C=O) groups is 2. The maximum atomic E-state index is 12.2. The third-order valence-corrected chi connectivity index (χ3v) is 5.38. The topological polar surface area (TPSA) is 78.9 Å². The quantitative estimate of drug-likeness (QED) is 0.702. The molecule has 1 aliphatic heterocycles. The first-order chi connectivity index (χ1) is 10.6. The lowest BCUT2D eigenvalue weighted by molar-refractivity contribution is -0.149. The Balaban J connectivity index is 1.37. The minimum atomic E-state index is -0.737. The van der Waals surface area contributed by atoms with Gasteiger partial charge in [0.1, 0.15) is 0 Å². The molecule has 3 fully saturated rings. The fourth-order valence-electron chi connectivity index (χ4n) is 3.81. The first-order valence-electron chi connectivity index (χ1n) is 8.46. The van der Waals surface area contributed by atoms with Gasteiger partial charge < -0.3 is 20.1 Å². The second-order valence-corrected chi connectivity index (χ2v) is 7.03. The molecule has 0 aromatic rings. The van der Waals surface area contributed by atoms with Crippen molar-refractivity contribution in [2.75, 3.05) is 32.8 Å². The zero-order valence-electron chi connectivity index (χ0n) is 13.1. The van der Waals surface area contributed by atoms with Gasteiger partial charge in [0.15, 0.2) is 0 Å². The summed E-state index contributed by atoms with van der Waals surface area (Å²) in [5.74, 6) is 0.155. The summed E-state index contributed by atoms with van der Waals surface area (Å²) in [5, 5.41) is 12.4. The van der Waals surface area contributed by atoms with Gasteiger partial charge in [-0.3, -0.25) is 4.79 Å². The van der Waals surface area contributed by atoms with E-state index in [1.807, 2.05) is 0 Å². The van der Waals surface area contributed by atoms with Crippen molar-refractivity contribution in [3.63, 3.8) is 0 Å². The van der Waals surface area contributed by atoms with Gasteiger partial charge in [-0.15, -0.1) is 0 Å². The molecule has 0 spiro atoms. The summed E-state index contributed by atoms with van der Waals surface area (Å²) in [4.78, 5) is 25.4. The summed E-state index contributed by atoms with van der Waals surface area (Å²) >= 11 is 0. The van der Waals surface area contributed by atoms with Crippen molar-refractivity contribution in [1.82, 2.24) is 10.2 Å². The molecule has 3 rings (SSSR count). The average molecular weight is 310 g/mol. The van der Waals surface area contributed by atoms with E-state index in [0.717, 1.165) is 31.8 Å². The Morgan fingerprint density at radius 2 is 2.14 bits per heavy atom. The third kappa shape index (κ3) is 3.21. The van der Waals surface area contributed by atoms with Crippen LogP contribution < -0.4 is 5.32 Å². The van der Waals surface area contributed by atoms with Crippen LogP contribution in [0.2, 0.25) is 0 Å². The highest BCUT2D eigenvalue weighted by molar-refractivity contribution is 5.80. The number of urea groups is 1. The highest BCUT2D eigenvalue weighted by atomic mass is 16.5. The predicted molar refractivity (Wildman–Crippen MR) is 80.5 cm³/mol. The van der Waals surface area contributed by atoms with Gasteiger partial charge >= 0.3 is 12.0 Å². The van der Waals surface area contributed by atoms with Crippen molar-refractivity contribution in [1.29, 1.82) is 0 Å². The molecule has 2 aliphatic carbocycles. The standard InChI is InChI=1S/C16H26N2O4/c19-14(20)16-6-1-3-13(16)9-18(11-16)15(21)17-7-2-8-22-10-12-4-5-12/h12-13H,1-11H2,(H,17,21)(H,19,20)/t13-,16+/m0/s1. The second-order valence-electron chi connectivity index (χ2n) is 7.03. The van der Waals surface area contributed by atoms with Crippen LogP contribution in [0.25, 0.3) is 0 Å². The number of hydrogen-bond acceptors (Lipinski definition) is 3. The number of nitrogens with zero attached hydrogens (tertiary/aromatic N) is 1. The molecule has 0 aromatic carbocycles. The lowest BCUT2D eigenvalue weighted by Gasteiger charge is -2.23. The molecule has 124 valence electrons. The number of hydrogen-bond donors (Lipinski definition) is 2. The van der Waals surface area contributed by atoms with Crippen molar-refractivity contribution in [3.8, 4) is 0 Å². The fraction of sp³-hybridized carbons (Fsp3) is 0.875. The Labute approximate surface area is 131 Å². The van der Waals surface area contributed by atoms with E-state index >= 15 is 0 Å². The largest absolute Gasteiger partial charge is 0.481 e. The van der Waals surface area contributed by atoms with Crippen molar-refractivity contribution >= 4 is 12.0 Å². The number of amides is 2. The molecule has 3 aliphatic rings. The number of ether oxygens (including phenoxy) is 1. The van der Waals surface area contributed by atoms with E-state index in [0.29, 0.717) is 32.7 Å². The molecule has 2 atom stereocenters. The molecule has 6 heteroatoms. The van der Waals surface area contributed by atoms with Crippen molar-refractivity contribution in [2.24, 2.45) is 17.3 Å². The van der Waals surface area contributed by atoms with Crippen LogP contribution in [0.3, 0.4) is 0 Å². The van der Waals surface area contributed by atoms with E-state index in [4.69, 9.17) is 4.74 Å². The lowest BCUT2D eigenvalue weighted by atomic mass is 9.81. The maximum absolute atomic E-state index is 12.2. The molecule has 2 N–H and O–H groups in total. The fourth-order valence-corrected chi connectivity index (χ4v) is 3.81. The first-order valence-corrected chi connectivity index (χ1v) is 8.46. The highest BCUT2D eigenvalue weighted by Crippen LogP contribution is 2.48. The minimum Gasteiger partial charge on any atom is -0.481 e. The molecule has 22 heavy (non-hydrogen) atoms. The van der Waals surface area contributed by atoms with Gasteiger partial charge in [0.2, 0.25) is 0 Å². The molecule has 6 nitrogen and oxygen atoms in total. The van der Waals surface area contributed by atoms with Crippen LogP contribution in [-0.2, 0) is 9.53 Å². The number of nitrogens with one attached hydrogen (secondary N) is 1. The molecule has 1 saturated heterocycles. The summed E-state index contributed by atoms with van der Waals surface area (Å²) < 4.78 is 5.53. The van der Waals surface area contributed by atoms with E-state index < -0.39 is 11.4 Å². The zero-order chi connectivity index (χ0) is 15.6. The Morgan fingerprint density at radius 3 is 2.82 bits per heavy atom. The molecule has 1 heterocycles. The molecule has 2 amide bonds. The zero-order valence-corrected chi connectivity index (χ0v) is 13.1. The van der Waals surface area contributed by atoms with E-state index in [2.05, 4.69) is 5.32 Å². The van der Waals surface area contributed by atoms with Gasteiger partial charge in [-0.1, -0.05) is 6.42 Å². The SMILES string of the molecule is O=C(NCCCOCC1CC1)N1C[C@@H]2CCC[C@@]2(C(=O)O)C1. The van der Waals surface area contributed by atoms with E-state index in [1.165, 1.54) is 12.8 Å². The highest BCUT2D eigenvalue weighted by Gasteiger charge is 2.55. The van der Waals surface area contributed by atoms with Crippen LogP contribution >= 0.6 is 0 Å². The minimum absolute atomic E-state index is 0.123. The van der Waals surface area contributed by atoms with Crippen molar-refractivity contribution in [2.45, 2.75) is 38.5 Å². The van der Waals surface area contributed by atoms with Gasteiger partial charge in [0.25, 0.3) is 0 Å². The summed E-state index contributed by atoms with van der Waals surface area (Å²) in [6.07, 6.45) is 5.97. The number of aliphatic carboxylic acids is 1. The van der Waals surface area contributed by atoms with Crippen LogP contribution in [-0.4, -0.2) is 54.9 Å². The van der Waals surface area contributed by atoms with Gasteiger partial charge in [-0.2, -0.15) is 0 Å². The molecule has 0 radical (unpaired) electrons. The summed E-state index contributed by atoms with van der Waals surface area (Å²) in [6.45, 7) is 3.05. The van der Waals surface area contributed by atoms with E-state index in [1.54, 1.807) is 4.90 Å². The monoisotopic (exact) mass is 310 g/mol. The summed E-state index contributed by atoms with van der Waals surface area (Å²) in [6, 6.07) is -0.128. The molecular formula is C16H26N2O4.